The molecule has 0 radical (unpaired) electrons. The number of halogens is 1. The van der Waals surface area contributed by atoms with Crippen molar-refractivity contribution >= 4 is 34.7 Å². The summed E-state index contributed by atoms with van der Waals surface area (Å²) in [6.45, 7) is 2.24. The van der Waals surface area contributed by atoms with Gasteiger partial charge in [0.15, 0.2) is 0 Å². The van der Waals surface area contributed by atoms with Crippen LogP contribution >= 0.6 is 23.8 Å². The molecule has 0 bridgehead atoms. The first-order chi connectivity index (χ1) is 14.7. The van der Waals surface area contributed by atoms with Crippen molar-refractivity contribution < 1.29 is 0 Å². The van der Waals surface area contributed by atoms with Crippen molar-refractivity contribution in [3.05, 3.63) is 82.5 Å². The highest BCUT2D eigenvalue weighted by molar-refractivity contribution is 7.78. The molecule has 0 aliphatic carbocycles. The highest BCUT2D eigenvalue weighted by Gasteiger charge is 2.06. The minimum absolute atomic E-state index is 0.523. The van der Waals surface area contributed by atoms with E-state index in [0.717, 1.165) is 23.1 Å². The fourth-order valence-corrected chi connectivity index (χ4v) is 3.50. The predicted molar refractivity (Wildman–Crippen MR) is 130 cm³/mol. The number of rotatable bonds is 7. The molecule has 0 saturated heterocycles. The molecule has 3 aromatic rings. The number of isothiocyanates is 1. The molecule has 0 saturated carbocycles. The first kappa shape index (κ1) is 21.9. The summed E-state index contributed by atoms with van der Waals surface area (Å²) < 4.78 is 0. The first-order valence-corrected chi connectivity index (χ1v) is 10.9. The number of benzene rings is 2. The van der Waals surface area contributed by atoms with E-state index in [0.29, 0.717) is 16.4 Å². The minimum atomic E-state index is 0.523. The van der Waals surface area contributed by atoms with Crippen molar-refractivity contribution in [3.63, 3.8) is 0 Å². The molecule has 0 amide bonds. The molecule has 2 nitrogen and oxygen atoms in total. The van der Waals surface area contributed by atoms with Crippen molar-refractivity contribution in [3.8, 4) is 23.1 Å². The number of pyridine rings is 1. The third-order valence-electron chi connectivity index (χ3n) is 4.78. The van der Waals surface area contributed by atoms with E-state index in [2.05, 4.69) is 70.4 Å². The summed E-state index contributed by atoms with van der Waals surface area (Å²) in [6, 6.07) is 18.2. The fraction of sp³-hybridized carbons (Fsp3) is 0.231. The van der Waals surface area contributed by atoms with Crippen molar-refractivity contribution in [1.29, 1.82) is 0 Å². The molecule has 1 heterocycles. The summed E-state index contributed by atoms with van der Waals surface area (Å²) in [4.78, 5) is 8.28. The molecule has 150 valence electrons. The van der Waals surface area contributed by atoms with Gasteiger partial charge in [-0.25, -0.2) is 0 Å². The summed E-state index contributed by atoms with van der Waals surface area (Å²) >= 11 is 10.9. The third kappa shape index (κ3) is 6.37. The maximum absolute atomic E-state index is 6.33. The van der Waals surface area contributed by atoms with Gasteiger partial charge in [-0.2, -0.15) is 4.99 Å². The molecule has 0 aliphatic rings. The Bertz CT molecular complexity index is 1090. The monoisotopic (exact) mass is 430 g/mol. The Morgan fingerprint density at radius 3 is 2.20 bits per heavy atom. The zero-order chi connectivity index (χ0) is 21.2. The average Bonchev–Trinajstić information content (AvgIpc) is 2.77. The molecule has 0 N–H and O–H groups in total. The van der Waals surface area contributed by atoms with Gasteiger partial charge in [-0.05, 0) is 61.0 Å². The van der Waals surface area contributed by atoms with Crippen LogP contribution in [0.5, 0.6) is 0 Å². The molecule has 0 fully saturated rings. The Hall–Kier alpha value is -2.76. The van der Waals surface area contributed by atoms with Crippen LogP contribution in [0.15, 0.2) is 65.8 Å². The van der Waals surface area contributed by atoms with Crippen LogP contribution in [-0.4, -0.2) is 10.1 Å². The van der Waals surface area contributed by atoms with Crippen LogP contribution in [0, 0.1) is 11.8 Å². The van der Waals surface area contributed by atoms with Gasteiger partial charge in [0.1, 0.15) is 0 Å². The molecule has 4 heteroatoms. The Balaban J connectivity index is 1.65. The van der Waals surface area contributed by atoms with Crippen LogP contribution in [-0.2, 0) is 6.42 Å². The van der Waals surface area contributed by atoms with E-state index < -0.39 is 0 Å². The maximum Gasteiger partial charge on any atom is 0.0937 e. The van der Waals surface area contributed by atoms with E-state index in [1.54, 1.807) is 12.3 Å². The minimum Gasteiger partial charge on any atom is -0.252 e. The first-order valence-electron chi connectivity index (χ1n) is 10.1. The molecule has 1 aromatic heterocycles. The van der Waals surface area contributed by atoms with E-state index in [9.17, 15) is 0 Å². The lowest BCUT2D eigenvalue weighted by molar-refractivity contribution is 0.667. The molecule has 30 heavy (non-hydrogen) atoms. The summed E-state index contributed by atoms with van der Waals surface area (Å²) in [6.07, 6.45) is 7.92. The van der Waals surface area contributed by atoms with Gasteiger partial charge in [0.05, 0.1) is 27.8 Å². The van der Waals surface area contributed by atoms with Gasteiger partial charge in [-0.1, -0.05) is 73.9 Å². The van der Waals surface area contributed by atoms with Crippen LogP contribution in [0.1, 0.15) is 49.3 Å². The quantitative estimate of drug-likeness (QED) is 0.166. The van der Waals surface area contributed by atoms with Crippen LogP contribution < -0.4 is 0 Å². The van der Waals surface area contributed by atoms with E-state index in [-0.39, 0.29) is 0 Å². The molecular weight excluding hydrogens is 408 g/mol. The number of aromatic nitrogens is 1. The highest BCUT2D eigenvalue weighted by Crippen LogP contribution is 2.28. The number of thiocarbonyl (C=S) groups is 1. The molecule has 0 spiro atoms. The summed E-state index contributed by atoms with van der Waals surface area (Å²) in [5.41, 5.74) is 5.57. The van der Waals surface area contributed by atoms with Gasteiger partial charge in [0.25, 0.3) is 0 Å². The average molecular weight is 431 g/mol. The van der Waals surface area contributed by atoms with E-state index >= 15 is 0 Å². The third-order valence-corrected chi connectivity index (χ3v) is 5.16. The number of hydrogen-bond acceptors (Lipinski definition) is 3. The SMILES string of the molecule is CCCCCCc1ccc(C#Cc2ccc(-c3ncc(N=C=S)cc3Cl)cc2)cc1. The summed E-state index contributed by atoms with van der Waals surface area (Å²) in [5, 5.41) is 2.84. The van der Waals surface area contributed by atoms with Crippen LogP contribution in [0.3, 0.4) is 0 Å². The second kappa shape index (κ2) is 11.4. The molecule has 2 aromatic carbocycles. The topological polar surface area (TPSA) is 25.2 Å². The molecular formula is C26H23ClN2S. The maximum atomic E-state index is 6.33. The van der Waals surface area contributed by atoms with Crippen molar-refractivity contribution in [2.75, 3.05) is 0 Å². The number of aliphatic imine (C=N–C) groups is 1. The molecule has 0 atom stereocenters. The van der Waals surface area contributed by atoms with Crippen LogP contribution in [0.2, 0.25) is 5.02 Å². The van der Waals surface area contributed by atoms with Gasteiger partial charge < -0.3 is 0 Å². The van der Waals surface area contributed by atoms with E-state index in [1.807, 2.05) is 24.3 Å². The second-order valence-electron chi connectivity index (χ2n) is 7.06. The number of hydrogen-bond donors (Lipinski definition) is 0. The number of aryl methyl sites for hydroxylation is 1. The zero-order valence-electron chi connectivity index (χ0n) is 17.0. The molecule has 3 rings (SSSR count). The Labute approximate surface area is 189 Å². The zero-order valence-corrected chi connectivity index (χ0v) is 18.6. The predicted octanol–water partition coefficient (Wildman–Crippen LogP) is 7.66. The van der Waals surface area contributed by atoms with Crippen molar-refractivity contribution in [1.82, 2.24) is 4.98 Å². The van der Waals surface area contributed by atoms with Gasteiger partial charge in [-0.15, -0.1) is 0 Å². The second-order valence-corrected chi connectivity index (χ2v) is 7.65. The lowest BCUT2D eigenvalue weighted by atomic mass is 10.0. The van der Waals surface area contributed by atoms with E-state index in [4.69, 9.17) is 11.6 Å². The molecule has 0 aliphatic heterocycles. The van der Waals surface area contributed by atoms with Gasteiger partial charge in [0.2, 0.25) is 0 Å². The van der Waals surface area contributed by atoms with Crippen molar-refractivity contribution in [2.45, 2.75) is 39.0 Å². The van der Waals surface area contributed by atoms with Crippen molar-refractivity contribution in [2.24, 2.45) is 4.99 Å². The van der Waals surface area contributed by atoms with Crippen LogP contribution in [0.25, 0.3) is 11.3 Å². The largest absolute Gasteiger partial charge is 0.252 e. The Kier molecular flexibility index (Phi) is 8.36. The number of unbranched alkanes of at least 4 members (excludes halogenated alkanes) is 3. The Morgan fingerprint density at radius 1 is 0.933 bits per heavy atom. The van der Waals surface area contributed by atoms with E-state index in [1.165, 1.54) is 31.2 Å². The number of nitrogens with zero attached hydrogens (tertiary/aromatic N) is 2. The fourth-order valence-electron chi connectivity index (χ4n) is 3.12. The molecule has 0 unspecified atom stereocenters. The lowest BCUT2D eigenvalue weighted by Gasteiger charge is -2.04. The summed E-state index contributed by atoms with van der Waals surface area (Å²) in [5.74, 6) is 6.46. The van der Waals surface area contributed by atoms with Gasteiger partial charge in [-0.3, -0.25) is 4.98 Å². The lowest BCUT2D eigenvalue weighted by Crippen LogP contribution is -1.86. The van der Waals surface area contributed by atoms with Crippen LogP contribution in [0.4, 0.5) is 5.69 Å². The highest BCUT2D eigenvalue weighted by atomic mass is 35.5. The smallest absolute Gasteiger partial charge is 0.0937 e. The summed E-state index contributed by atoms with van der Waals surface area (Å²) in [7, 11) is 0. The normalized spacial score (nSPS) is 10.1. The van der Waals surface area contributed by atoms with Gasteiger partial charge >= 0.3 is 0 Å². The van der Waals surface area contributed by atoms with Gasteiger partial charge in [0, 0.05) is 16.7 Å². The Morgan fingerprint density at radius 2 is 1.60 bits per heavy atom. The standard InChI is InChI=1S/C26H23ClN2S/c1-2-3-4-5-6-20-7-9-21(10-8-20)11-12-22-13-15-23(16-14-22)26-25(27)17-24(18-28-26)29-19-30/h7-10,13-18H,2-6H2,1H3.